The molecule has 1 saturated carbocycles. The first kappa shape index (κ1) is 19.3. The molecule has 0 aliphatic heterocycles. The lowest BCUT2D eigenvalue weighted by Crippen LogP contribution is -2.43. The van der Waals surface area contributed by atoms with Gasteiger partial charge in [-0.25, -0.2) is 4.99 Å². The minimum atomic E-state index is 0.0236. The first-order chi connectivity index (χ1) is 12.1. The van der Waals surface area contributed by atoms with Gasteiger partial charge in [0.2, 0.25) is 5.91 Å². The molecule has 1 aliphatic rings. The highest BCUT2D eigenvalue weighted by Gasteiger charge is 2.17. The van der Waals surface area contributed by atoms with Crippen LogP contribution in [0.25, 0.3) is 0 Å². The van der Waals surface area contributed by atoms with Crippen molar-refractivity contribution >= 4 is 11.9 Å². The summed E-state index contributed by atoms with van der Waals surface area (Å²) < 4.78 is 2.09. The number of hydrogen-bond donors (Lipinski definition) is 2. The molecule has 0 aromatic carbocycles. The minimum Gasteiger partial charge on any atom is -0.356 e. The standard InChI is InChI=1S/C18H32N6O/c1-4-5-11-19-18(21-14-17(25)23(2)3)20-13-15-10-12-24(22-15)16-8-6-7-9-16/h10,12,16H,4-9,11,13-14H2,1-3H3,(H2,19,20,21). The first-order valence-electron chi connectivity index (χ1n) is 9.36. The Morgan fingerprint density at radius 2 is 2.12 bits per heavy atom. The maximum absolute atomic E-state index is 11.8. The molecule has 1 aliphatic carbocycles. The summed E-state index contributed by atoms with van der Waals surface area (Å²) in [6.45, 7) is 3.74. The Hall–Kier alpha value is -2.05. The quantitative estimate of drug-likeness (QED) is 0.428. The fourth-order valence-electron chi connectivity index (χ4n) is 2.87. The molecule has 1 heterocycles. The smallest absolute Gasteiger partial charge is 0.241 e. The lowest BCUT2D eigenvalue weighted by atomic mass is 10.3. The summed E-state index contributed by atoms with van der Waals surface area (Å²) in [5.74, 6) is 0.689. The van der Waals surface area contributed by atoms with Crippen LogP contribution in [-0.2, 0) is 11.3 Å². The summed E-state index contributed by atoms with van der Waals surface area (Å²) in [6, 6.07) is 2.59. The van der Waals surface area contributed by atoms with Crippen LogP contribution in [0.5, 0.6) is 0 Å². The van der Waals surface area contributed by atoms with Crippen molar-refractivity contribution in [3.63, 3.8) is 0 Å². The molecule has 0 atom stereocenters. The Morgan fingerprint density at radius 3 is 2.80 bits per heavy atom. The molecular formula is C18H32N6O. The van der Waals surface area contributed by atoms with Gasteiger partial charge in [0.25, 0.3) is 0 Å². The molecule has 0 spiro atoms. The fourth-order valence-corrected chi connectivity index (χ4v) is 2.87. The zero-order chi connectivity index (χ0) is 18.1. The van der Waals surface area contributed by atoms with E-state index in [1.54, 1.807) is 19.0 Å². The van der Waals surface area contributed by atoms with Crippen molar-refractivity contribution in [3.05, 3.63) is 18.0 Å². The van der Waals surface area contributed by atoms with E-state index in [0.717, 1.165) is 25.1 Å². The van der Waals surface area contributed by atoms with Crippen LogP contribution in [0.3, 0.4) is 0 Å². The van der Waals surface area contributed by atoms with Crippen LogP contribution in [0.2, 0.25) is 0 Å². The topological polar surface area (TPSA) is 74.5 Å². The molecule has 1 fully saturated rings. The number of amides is 1. The van der Waals surface area contributed by atoms with E-state index < -0.39 is 0 Å². The van der Waals surface area contributed by atoms with Crippen molar-refractivity contribution in [1.29, 1.82) is 0 Å². The molecule has 1 aromatic rings. The molecular weight excluding hydrogens is 316 g/mol. The largest absolute Gasteiger partial charge is 0.356 e. The summed E-state index contributed by atoms with van der Waals surface area (Å²) in [5, 5.41) is 11.0. The Bertz CT molecular complexity index is 560. The zero-order valence-electron chi connectivity index (χ0n) is 15.8. The lowest BCUT2D eigenvalue weighted by Gasteiger charge is -2.14. The third-order valence-electron chi connectivity index (χ3n) is 4.49. The summed E-state index contributed by atoms with van der Waals surface area (Å²) in [6.07, 6.45) is 9.29. The number of nitrogens with one attached hydrogen (secondary N) is 2. The van der Waals surface area contributed by atoms with Crippen molar-refractivity contribution in [3.8, 4) is 0 Å². The predicted molar refractivity (Wildman–Crippen MR) is 100 cm³/mol. The average molecular weight is 348 g/mol. The first-order valence-corrected chi connectivity index (χ1v) is 9.36. The maximum atomic E-state index is 11.8. The summed E-state index contributed by atoms with van der Waals surface area (Å²) >= 11 is 0. The van der Waals surface area contributed by atoms with E-state index in [2.05, 4.69) is 38.5 Å². The highest BCUT2D eigenvalue weighted by Crippen LogP contribution is 2.28. The molecule has 25 heavy (non-hydrogen) atoms. The number of hydrogen-bond acceptors (Lipinski definition) is 3. The molecule has 0 saturated heterocycles. The summed E-state index contributed by atoms with van der Waals surface area (Å²) in [4.78, 5) is 17.9. The van der Waals surface area contributed by atoms with E-state index in [4.69, 9.17) is 0 Å². The fraction of sp³-hybridized carbons (Fsp3) is 0.722. The van der Waals surface area contributed by atoms with Gasteiger partial charge in [0.05, 0.1) is 24.8 Å². The van der Waals surface area contributed by atoms with Gasteiger partial charge in [-0.3, -0.25) is 9.48 Å². The van der Waals surface area contributed by atoms with E-state index in [1.165, 1.54) is 25.7 Å². The average Bonchev–Trinajstić information content (AvgIpc) is 3.27. The van der Waals surface area contributed by atoms with Gasteiger partial charge in [0.15, 0.2) is 5.96 Å². The van der Waals surface area contributed by atoms with Crippen LogP contribution >= 0.6 is 0 Å². The number of likely N-dealkylation sites (N-methyl/N-ethyl adjacent to an activating group) is 1. The van der Waals surface area contributed by atoms with E-state index in [1.807, 2.05) is 6.07 Å². The summed E-state index contributed by atoms with van der Waals surface area (Å²) in [7, 11) is 3.50. The van der Waals surface area contributed by atoms with Gasteiger partial charge in [-0.1, -0.05) is 26.2 Å². The maximum Gasteiger partial charge on any atom is 0.241 e. The lowest BCUT2D eigenvalue weighted by molar-refractivity contribution is -0.127. The molecule has 1 amide bonds. The predicted octanol–water partition coefficient (Wildman–Crippen LogP) is 1.92. The molecule has 2 rings (SSSR count). The van der Waals surface area contributed by atoms with Crippen molar-refractivity contribution in [1.82, 2.24) is 25.3 Å². The molecule has 0 radical (unpaired) electrons. The molecule has 0 bridgehead atoms. The minimum absolute atomic E-state index is 0.0236. The van der Waals surface area contributed by atoms with Crippen LogP contribution in [0, 0.1) is 0 Å². The number of carbonyl (C=O) groups excluding carboxylic acids is 1. The monoisotopic (exact) mass is 348 g/mol. The zero-order valence-corrected chi connectivity index (χ0v) is 15.8. The third-order valence-corrected chi connectivity index (χ3v) is 4.49. The number of rotatable bonds is 8. The van der Waals surface area contributed by atoms with Crippen LogP contribution in [-0.4, -0.2) is 53.7 Å². The molecule has 7 nitrogen and oxygen atoms in total. The van der Waals surface area contributed by atoms with Crippen molar-refractivity contribution < 1.29 is 4.79 Å². The Kier molecular flexibility index (Phi) is 7.76. The summed E-state index contributed by atoms with van der Waals surface area (Å²) in [5.41, 5.74) is 0.961. The molecule has 140 valence electrons. The van der Waals surface area contributed by atoms with E-state index in [0.29, 0.717) is 18.5 Å². The SMILES string of the molecule is CCCCNC(=NCc1ccn(C2CCCC2)n1)NCC(=O)N(C)C. The van der Waals surface area contributed by atoms with Gasteiger partial charge in [0.1, 0.15) is 0 Å². The van der Waals surface area contributed by atoms with Gasteiger partial charge in [-0.15, -0.1) is 0 Å². The van der Waals surface area contributed by atoms with Gasteiger partial charge in [0, 0.05) is 26.8 Å². The van der Waals surface area contributed by atoms with Crippen molar-refractivity contribution in [2.45, 2.75) is 58.0 Å². The Labute approximate surface area is 150 Å². The molecule has 1 aromatic heterocycles. The highest BCUT2D eigenvalue weighted by molar-refractivity contribution is 5.86. The van der Waals surface area contributed by atoms with E-state index >= 15 is 0 Å². The third kappa shape index (κ3) is 6.40. The second-order valence-electron chi connectivity index (χ2n) is 6.81. The number of nitrogens with zero attached hydrogens (tertiary/aromatic N) is 4. The normalized spacial score (nSPS) is 15.4. The number of unbranched alkanes of at least 4 members (excludes halogenated alkanes) is 1. The molecule has 7 heteroatoms. The van der Waals surface area contributed by atoms with Crippen molar-refractivity contribution in [2.24, 2.45) is 4.99 Å². The van der Waals surface area contributed by atoms with Gasteiger partial charge in [-0.05, 0) is 25.3 Å². The Morgan fingerprint density at radius 1 is 1.36 bits per heavy atom. The second-order valence-corrected chi connectivity index (χ2v) is 6.81. The van der Waals surface area contributed by atoms with E-state index in [9.17, 15) is 4.79 Å². The van der Waals surface area contributed by atoms with E-state index in [-0.39, 0.29) is 12.5 Å². The number of carbonyl (C=O) groups is 1. The highest BCUT2D eigenvalue weighted by atomic mass is 16.2. The van der Waals surface area contributed by atoms with Crippen LogP contribution in [0.4, 0.5) is 0 Å². The Balaban J connectivity index is 1.91. The van der Waals surface area contributed by atoms with Crippen LogP contribution in [0.1, 0.15) is 57.2 Å². The number of aliphatic imine (C=N–C) groups is 1. The van der Waals surface area contributed by atoms with Crippen LogP contribution < -0.4 is 10.6 Å². The van der Waals surface area contributed by atoms with Gasteiger partial charge >= 0.3 is 0 Å². The molecule has 0 unspecified atom stereocenters. The van der Waals surface area contributed by atoms with Gasteiger partial charge < -0.3 is 15.5 Å². The van der Waals surface area contributed by atoms with Crippen LogP contribution in [0.15, 0.2) is 17.3 Å². The number of guanidine groups is 1. The molecule has 2 N–H and O–H groups in total. The van der Waals surface area contributed by atoms with Gasteiger partial charge in [-0.2, -0.15) is 5.10 Å². The number of aromatic nitrogens is 2. The van der Waals surface area contributed by atoms with Crippen molar-refractivity contribution in [2.75, 3.05) is 27.2 Å². The second kappa shape index (κ2) is 10.1.